The molecule has 0 radical (unpaired) electrons. The number of carbonyl (C=O) groups is 2. The monoisotopic (exact) mass is 239 g/mol. The third kappa shape index (κ3) is 2.09. The molecule has 86 valence electrons. The second-order valence-corrected chi connectivity index (χ2v) is 4.71. The van der Waals surface area contributed by atoms with E-state index in [2.05, 4.69) is 0 Å². The zero-order valence-electron chi connectivity index (χ0n) is 9.01. The first-order chi connectivity index (χ1) is 7.72. The largest absolute Gasteiger partial charge is 0.467 e. The van der Waals surface area contributed by atoms with E-state index in [1.165, 1.54) is 7.11 Å². The van der Waals surface area contributed by atoms with E-state index < -0.39 is 6.04 Å². The van der Waals surface area contributed by atoms with Gasteiger partial charge in [0.1, 0.15) is 6.04 Å². The summed E-state index contributed by atoms with van der Waals surface area (Å²) < 4.78 is 4.70. The molecule has 1 fully saturated rings. The van der Waals surface area contributed by atoms with Crippen molar-refractivity contribution in [1.29, 1.82) is 0 Å². The van der Waals surface area contributed by atoms with E-state index in [1.54, 1.807) is 16.2 Å². The van der Waals surface area contributed by atoms with Gasteiger partial charge in [0.2, 0.25) is 5.91 Å². The number of likely N-dealkylation sites (tertiary alicyclic amines) is 1. The number of esters is 1. The lowest BCUT2D eigenvalue weighted by molar-refractivity contribution is -0.149. The van der Waals surface area contributed by atoms with Crippen LogP contribution in [0.4, 0.5) is 0 Å². The van der Waals surface area contributed by atoms with Crippen molar-refractivity contribution in [2.45, 2.75) is 25.4 Å². The van der Waals surface area contributed by atoms with Crippen LogP contribution in [0.3, 0.4) is 0 Å². The highest BCUT2D eigenvalue weighted by Gasteiger charge is 2.36. The van der Waals surface area contributed by atoms with E-state index in [1.807, 2.05) is 17.5 Å². The Labute approximate surface area is 97.8 Å². The summed E-state index contributed by atoms with van der Waals surface area (Å²) in [5.74, 6) is -0.286. The van der Waals surface area contributed by atoms with Crippen molar-refractivity contribution in [3.8, 4) is 0 Å². The number of carbonyl (C=O) groups excluding carboxylic acids is 2. The molecule has 0 aromatic carbocycles. The predicted octanol–water partition coefficient (Wildman–Crippen LogP) is 1.41. The van der Waals surface area contributed by atoms with Gasteiger partial charge in [0.15, 0.2) is 0 Å². The second kappa shape index (κ2) is 4.65. The summed E-state index contributed by atoms with van der Waals surface area (Å²) in [5.41, 5.74) is 0. The summed E-state index contributed by atoms with van der Waals surface area (Å²) in [5, 5.41) is 1.96. The number of nitrogens with zero attached hydrogens (tertiary/aromatic N) is 1. The average Bonchev–Trinajstić information content (AvgIpc) is 2.90. The van der Waals surface area contributed by atoms with Crippen LogP contribution in [0.15, 0.2) is 17.5 Å². The van der Waals surface area contributed by atoms with E-state index in [9.17, 15) is 9.59 Å². The number of hydrogen-bond donors (Lipinski definition) is 0. The van der Waals surface area contributed by atoms with Gasteiger partial charge in [-0.3, -0.25) is 4.79 Å². The molecule has 1 aromatic rings. The molecule has 0 N–H and O–H groups in total. The molecule has 2 rings (SSSR count). The standard InChI is InChI=1S/C11H13NO3S/c1-15-11(14)9-4-5-10(13)12(9)7-8-3-2-6-16-8/h2-3,6,9H,4-5,7H2,1H3/t9-/m1/s1. The van der Waals surface area contributed by atoms with Crippen molar-refractivity contribution in [1.82, 2.24) is 4.90 Å². The highest BCUT2D eigenvalue weighted by molar-refractivity contribution is 7.09. The molecule has 0 bridgehead atoms. The summed E-state index contributed by atoms with van der Waals surface area (Å²) in [6.45, 7) is 0.510. The third-order valence-electron chi connectivity index (χ3n) is 2.71. The van der Waals surface area contributed by atoms with Crippen molar-refractivity contribution >= 4 is 23.2 Å². The van der Waals surface area contributed by atoms with Gasteiger partial charge in [0.25, 0.3) is 0 Å². The van der Waals surface area contributed by atoms with Crippen LogP contribution in [0, 0.1) is 0 Å². The van der Waals surface area contributed by atoms with Crippen molar-refractivity contribution in [2.75, 3.05) is 7.11 Å². The maximum Gasteiger partial charge on any atom is 0.328 e. The molecule has 1 atom stereocenters. The van der Waals surface area contributed by atoms with Gasteiger partial charge in [-0.2, -0.15) is 0 Å². The zero-order chi connectivity index (χ0) is 11.5. The fourth-order valence-electron chi connectivity index (χ4n) is 1.88. The third-order valence-corrected chi connectivity index (χ3v) is 3.57. The van der Waals surface area contributed by atoms with Crippen LogP contribution in [-0.4, -0.2) is 29.9 Å². The van der Waals surface area contributed by atoms with E-state index >= 15 is 0 Å². The Morgan fingerprint density at radius 2 is 2.50 bits per heavy atom. The van der Waals surface area contributed by atoms with Gasteiger partial charge in [-0.1, -0.05) is 6.07 Å². The smallest absolute Gasteiger partial charge is 0.328 e. The number of methoxy groups -OCH3 is 1. The van der Waals surface area contributed by atoms with Gasteiger partial charge in [-0.15, -0.1) is 11.3 Å². The second-order valence-electron chi connectivity index (χ2n) is 3.68. The topological polar surface area (TPSA) is 46.6 Å². The van der Waals surface area contributed by atoms with Crippen molar-refractivity contribution < 1.29 is 14.3 Å². The molecule has 16 heavy (non-hydrogen) atoms. The molecule has 1 aromatic heterocycles. The molecule has 1 aliphatic rings. The van der Waals surface area contributed by atoms with E-state index in [0.717, 1.165) is 4.88 Å². The first kappa shape index (κ1) is 11.1. The van der Waals surface area contributed by atoms with Crippen LogP contribution < -0.4 is 0 Å². The van der Waals surface area contributed by atoms with Crippen LogP contribution >= 0.6 is 11.3 Å². The first-order valence-corrected chi connectivity index (χ1v) is 6.00. The quantitative estimate of drug-likeness (QED) is 0.749. The van der Waals surface area contributed by atoms with Crippen molar-refractivity contribution in [2.24, 2.45) is 0 Å². The molecule has 1 amide bonds. The summed E-state index contributed by atoms with van der Waals surface area (Å²) >= 11 is 1.59. The zero-order valence-corrected chi connectivity index (χ0v) is 9.83. The first-order valence-electron chi connectivity index (χ1n) is 5.12. The van der Waals surface area contributed by atoms with Gasteiger partial charge in [-0.05, 0) is 17.9 Å². The highest BCUT2D eigenvalue weighted by atomic mass is 32.1. The van der Waals surface area contributed by atoms with Crippen molar-refractivity contribution in [3.05, 3.63) is 22.4 Å². The number of rotatable bonds is 3. The van der Waals surface area contributed by atoms with Crippen LogP contribution in [-0.2, 0) is 20.9 Å². The van der Waals surface area contributed by atoms with Gasteiger partial charge in [-0.25, -0.2) is 4.79 Å². The van der Waals surface area contributed by atoms with E-state index in [4.69, 9.17) is 4.74 Å². The van der Waals surface area contributed by atoms with Crippen molar-refractivity contribution in [3.63, 3.8) is 0 Å². The molecule has 0 unspecified atom stereocenters. The summed E-state index contributed by atoms with van der Waals surface area (Å²) in [6, 6.07) is 3.50. The average molecular weight is 239 g/mol. The van der Waals surface area contributed by atoms with E-state index in [-0.39, 0.29) is 11.9 Å². The van der Waals surface area contributed by atoms with Crippen LogP contribution in [0.2, 0.25) is 0 Å². The summed E-state index contributed by atoms with van der Waals surface area (Å²) in [4.78, 5) is 25.8. The lowest BCUT2D eigenvalue weighted by Crippen LogP contribution is -2.38. The number of ether oxygens (including phenoxy) is 1. The van der Waals surface area contributed by atoms with Gasteiger partial charge in [0.05, 0.1) is 13.7 Å². The van der Waals surface area contributed by atoms with Crippen LogP contribution in [0.1, 0.15) is 17.7 Å². The Kier molecular flexibility index (Phi) is 3.24. The highest BCUT2D eigenvalue weighted by Crippen LogP contribution is 2.23. The number of hydrogen-bond acceptors (Lipinski definition) is 4. The molecule has 0 spiro atoms. The van der Waals surface area contributed by atoms with Gasteiger partial charge < -0.3 is 9.64 Å². The van der Waals surface area contributed by atoms with Gasteiger partial charge in [0, 0.05) is 11.3 Å². The normalized spacial score (nSPS) is 20.2. The fraction of sp³-hybridized carbons (Fsp3) is 0.455. The summed E-state index contributed by atoms with van der Waals surface area (Å²) in [6.07, 6.45) is 1.00. The maximum absolute atomic E-state index is 11.7. The summed E-state index contributed by atoms with van der Waals surface area (Å²) in [7, 11) is 1.36. The van der Waals surface area contributed by atoms with E-state index in [0.29, 0.717) is 19.4 Å². The number of thiophene rings is 1. The minimum Gasteiger partial charge on any atom is -0.467 e. The minimum atomic E-state index is -0.403. The molecular weight excluding hydrogens is 226 g/mol. The molecule has 2 heterocycles. The SMILES string of the molecule is COC(=O)[C@H]1CCC(=O)N1Cc1cccs1. The Balaban J connectivity index is 2.10. The Morgan fingerprint density at radius 3 is 3.12 bits per heavy atom. The molecular formula is C11H13NO3S. The maximum atomic E-state index is 11.7. The van der Waals surface area contributed by atoms with Gasteiger partial charge >= 0.3 is 5.97 Å². The predicted molar refractivity (Wildman–Crippen MR) is 59.9 cm³/mol. The molecule has 1 saturated heterocycles. The molecule has 0 saturated carbocycles. The Morgan fingerprint density at radius 1 is 1.69 bits per heavy atom. The van der Waals surface area contributed by atoms with Crippen LogP contribution in [0.25, 0.3) is 0 Å². The lowest BCUT2D eigenvalue weighted by Gasteiger charge is -2.21. The molecule has 5 heteroatoms. The molecule has 1 aliphatic heterocycles. The minimum absolute atomic E-state index is 0.0313. The van der Waals surface area contributed by atoms with Crippen LogP contribution in [0.5, 0.6) is 0 Å². The molecule has 4 nitrogen and oxygen atoms in total. The fourth-order valence-corrected chi connectivity index (χ4v) is 2.59. The lowest BCUT2D eigenvalue weighted by atomic mass is 10.2. The number of amides is 1. The Hall–Kier alpha value is -1.36. The Bertz CT molecular complexity index is 388. The molecule has 0 aliphatic carbocycles.